The zero-order valence-electron chi connectivity index (χ0n) is 10.0. The van der Waals surface area contributed by atoms with E-state index in [2.05, 4.69) is 17.6 Å². The molecular formula is C13H18ClNO2. The number of halogens is 1. The number of nitrogens with one attached hydrogen (secondary N) is 1. The van der Waals surface area contributed by atoms with Crippen LogP contribution in [0.2, 0.25) is 5.02 Å². The average Bonchev–Trinajstić information content (AvgIpc) is 2.37. The van der Waals surface area contributed by atoms with Crippen LogP contribution in [0.5, 0.6) is 0 Å². The van der Waals surface area contributed by atoms with E-state index in [1.807, 2.05) is 6.07 Å². The molecule has 1 fully saturated rings. The van der Waals surface area contributed by atoms with Crippen LogP contribution in [-0.2, 0) is 16.1 Å². The minimum atomic E-state index is 0.542. The van der Waals surface area contributed by atoms with Crippen LogP contribution >= 0.6 is 11.6 Å². The summed E-state index contributed by atoms with van der Waals surface area (Å²) in [6.45, 7) is 2.35. The number of hydrogen-bond acceptors (Lipinski definition) is 3. The van der Waals surface area contributed by atoms with E-state index in [4.69, 9.17) is 21.2 Å². The van der Waals surface area contributed by atoms with Crippen LogP contribution in [0.3, 0.4) is 0 Å². The molecule has 0 radical (unpaired) electrons. The van der Waals surface area contributed by atoms with Crippen LogP contribution in [0.25, 0.3) is 0 Å². The topological polar surface area (TPSA) is 30.5 Å². The van der Waals surface area contributed by atoms with E-state index in [1.54, 1.807) is 7.11 Å². The molecule has 1 aliphatic rings. The third-order valence-corrected chi connectivity index (χ3v) is 3.47. The normalized spacial score (nSPS) is 17.3. The van der Waals surface area contributed by atoms with Gasteiger partial charge in [0.1, 0.15) is 0 Å². The molecule has 4 heteroatoms. The van der Waals surface area contributed by atoms with E-state index in [9.17, 15) is 0 Å². The van der Waals surface area contributed by atoms with Crippen molar-refractivity contribution in [2.75, 3.05) is 20.3 Å². The third kappa shape index (κ3) is 3.42. The van der Waals surface area contributed by atoms with Crippen molar-refractivity contribution < 1.29 is 9.57 Å². The quantitative estimate of drug-likeness (QED) is 0.840. The molecule has 0 spiro atoms. The Morgan fingerprint density at radius 1 is 1.41 bits per heavy atom. The van der Waals surface area contributed by atoms with Gasteiger partial charge in [0.2, 0.25) is 0 Å². The molecule has 0 unspecified atom stereocenters. The Morgan fingerprint density at radius 3 is 2.82 bits per heavy atom. The van der Waals surface area contributed by atoms with Gasteiger partial charge in [-0.2, -0.15) is 5.48 Å². The molecule has 1 heterocycles. The fraction of sp³-hybridized carbons (Fsp3) is 0.538. The largest absolute Gasteiger partial charge is 0.381 e. The van der Waals surface area contributed by atoms with Gasteiger partial charge in [-0.25, -0.2) is 0 Å². The highest BCUT2D eigenvalue weighted by molar-refractivity contribution is 6.31. The molecule has 94 valence electrons. The molecule has 1 saturated heterocycles. The molecule has 0 amide bonds. The number of hydroxylamine groups is 1. The van der Waals surface area contributed by atoms with Crippen LogP contribution in [0.4, 0.5) is 0 Å². The Kier molecular flexibility index (Phi) is 4.80. The first kappa shape index (κ1) is 12.8. The van der Waals surface area contributed by atoms with E-state index >= 15 is 0 Å². The van der Waals surface area contributed by atoms with E-state index in [1.165, 1.54) is 5.56 Å². The van der Waals surface area contributed by atoms with Gasteiger partial charge in [0.05, 0.1) is 7.11 Å². The lowest BCUT2D eigenvalue weighted by Crippen LogP contribution is -2.15. The Morgan fingerprint density at radius 2 is 2.18 bits per heavy atom. The van der Waals surface area contributed by atoms with Crippen LogP contribution in [0, 0.1) is 0 Å². The van der Waals surface area contributed by atoms with E-state index in [0.29, 0.717) is 12.5 Å². The van der Waals surface area contributed by atoms with Gasteiger partial charge in [0, 0.05) is 24.8 Å². The summed E-state index contributed by atoms with van der Waals surface area (Å²) in [7, 11) is 1.61. The Hall–Kier alpha value is -0.610. The molecule has 1 aliphatic heterocycles. The Balaban J connectivity index is 2.07. The summed E-state index contributed by atoms with van der Waals surface area (Å²) in [6, 6.07) is 6.24. The van der Waals surface area contributed by atoms with Crippen molar-refractivity contribution in [1.82, 2.24) is 5.48 Å². The molecule has 1 aromatic carbocycles. The van der Waals surface area contributed by atoms with Crippen molar-refractivity contribution in [3.63, 3.8) is 0 Å². The predicted octanol–water partition coefficient (Wildman–Crippen LogP) is 2.89. The predicted molar refractivity (Wildman–Crippen MR) is 68.1 cm³/mol. The summed E-state index contributed by atoms with van der Waals surface area (Å²) >= 11 is 6.33. The van der Waals surface area contributed by atoms with Gasteiger partial charge in [-0.3, -0.25) is 0 Å². The molecule has 2 rings (SSSR count). The molecular weight excluding hydrogens is 238 g/mol. The van der Waals surface area contributed by atoms with Crippen LogP contribution in [0.1, 0.15) is 29.9 Å². The van der Waals surface area contributed by atoms with Gasteiger partial charge in [-0.1, -0.05) is 23.7 Å². The first-order chi connectivity index (χ1) is 8.31. The van der Waals surface area contributed by atoms with Crippen LogP contribution in [0.15, 0.2) is 18.2 Å². The van der Waals surface area contributed by atoms with Gasteiger partial charge < -0.3 is 9.57 Å². The summed E-state index contributed by atoms with van der Waals surface area (Å²) in [5.41, 5.74) is 5.19. The summed E-state index contributed by atoms with van der Waals surface area (Å²) in [5, 5.41) is 0.854. The Labute approximate surface area is 107 Å². The van der Waals surface area contributed by atoms with Gasteiger partial charge in [-0.05, 0) is 36.0 Å². The van der Waals surface area contributed by atoms with Gasteiger partial charge in [0.15, 0.2) is 0 Å². The first-order valence-electron chi connectivity index (χ1n) is 5.93. The second kappa shape index (κ2) is 6.36. The number of hydrogen-bond donors (Lipinski definition) is 1. The van der Waals surface area contributed by atoms with Gasteiger partial charge in [0.25, 0.3) is 0 Å². The van der Waals surface area contributed by atoms with E-state index in [-0.39, 0.29) is 0 Å². The summed E-state index contributed by atoms with van der Waals surface area (Å²) in [4.78, 5) is 4.82. The lowest BCUT2D eigenvalue weighted by atomic mass is 9.91. The molecule has 0 aromatic heterocycles. The van der Waals surface area contributed by atoms with E-state index < -0.39 is 0 Å². The maximum Gasteiger partial charge on any atom is 0.0572 e. The zero-order chi connectivity index (χ0) is 12.1. The zero-order valence-corrected chi connectivity index (χ0v) is 10.8. The lowest BCUT2D eigenvalue weighted by Gasteiger charge is -2.23. The molecule has 0 atom stereocenters. The number of benzene rings is 1. The minimum absolute atomic E-state index is 0.542. The highest BCUT2D eigenvalue weighted by Gasteiger charge is 2.18. The highest BCUT2D eigenvalue weighted by atomic mass is 35.5. The van der Waals surface area contributed by atoms with Gasteiger partial charge in [-0.15, -0.1) is 0 Å². The lowest BCUT2D eigenvalue weighted by molar-refractivity contribution is 0.0851. The monoisotopic (exact) mass is 255 g/mol. The highest BCUT2D eigenvalue weighted by Crippen LogP contribution is 2.32. The van der Waals surface area contributed by atoms with Gasteiger partial charge >= 0.3 is 0 Å². The van der Waals surface area contributed by atoms with Crippen molar-refractivity contribution >= 4 is 11.6 Å². The molecule has 1 aromatic rings. The summed E-state index contributed by atoms with van der Waals surface area (Å²) in [5.74, 6) is 0.542. The number of ether oxygens (including phenoxy) is 1. The number of rotatable bonds is 4. The molecule has 0 aliphatic carbocycles. The van der Waals surface area contributed by atoms with Crippen LogP contribution in [-0.4, -0.2) is 20.3 Å². The standard InChI is InChI=1S/C13H18ClNO2/c1-16-15-9-10-2-3-12(13(14)8-10)11-4-6-17-7-5-11/h2-3,8,11,15H,4-7,9H2,1H3. The van der Waals surface area contributed by atoms with Crippen molar-refractivity contribution in [1.29, 1.82) is 0 Å². The van der Waals surface area contributed by atoms with Crippen molar-refractivity contribution in [3.05, 3.63) is 34.3 Å². The maximum absolute atomic E-state index is 6.33. The van der Waals surface area contributed by atoms with E-state index in [0.717, 1.165) is 36.6 Å². The maximum atomic E-state index is 6.33. The summed E-state index contributed by atoms with van der Waals surface area (Å²) in [6.07, 6.45) is 2.13. The third-order valence-electron chi connectivity index (χ3n) is 3.15. The fourth-order valence-electron chi connectivity index (χ4n) is 2.18. The first-order valence-corrected chi connectivity index (χ1v) is 6.31. The van der Waals surface area contributed by atoms with Crippen molar-refractivity contribution in [2.45, 2.75) is 25.3 Å². The van der Waals surface area contributed by atoms with Crippen LogP contribution < -0.4 is 5.48 Å². The Bertz CT molecular complexity index is 364. The molecule has 0 bridgehead atoms. The average molecular weight is 256 g/mol. The summed E-state index contributed by atoms with van der Waals surface area (Å²) < 4.78 is 5.37. The molecule has 0 saturated carbocycles. The fourth-order valence-corrected chi connectivity index (χ4v) is 2.53. The molecule has 1 N–H and O–H groups in total. The molecule has 3 nitrogen and oxygen atoms in total. The smallest absolute Gasteiger partial charge is 0.0572 e. The second-order valence-electron chi connectivity index (χ2n) is 4.27. The minimum Gasteiger partial charge on any atom is -0.381 e. The van der Waals surface area contributed by atoms with Crippen molar-refractivity contribution in [2.24, 2.45) is 0 Å². The second-order valence-corrected chi connectivity index (χ2v) is 4.67. The molecule has 17 heavy (non-hydrogen) atoms. The SMILES string of the molecule is CONCc1ccc(C2CCOCC2)c(Cl)c1. The van der Waals surface area contributed by atoms with Crippen molar-refractivity contribution in [3.8, 4) is 0 Å².